The highest BCUT2D eigenvalue weighted by atomic mass is 16.7. The van der Waals surface area contributed by atoms with E-state index >= 15 is 0 Å². The van der Waals surface area contributed by atoms with Gasteiger partial charge in [0.2, 0.25) is 0 Å². The summed E-state index contributed by atoms with van der Waals surface area (Å²) in [7, 11) is 0. The molecule has 0 aromatic heterocycles. The standard InChI is InChI=1S/C60H114O10/c1-3-5-7-9-11-13-15-17-19-21-23-25-27-29-31-33-35-37-39-41-43-45-47-49-56(63)69-53(52-68-60-59(66)58(65)57(64)54(50-61)70-60)51-67-55(62)48-46-44-42-40-38-36-34-32-30-28-26-24-22-20-18-16-14-12-10-8-6-4-2/h21,23,53-54,57-61,64-66H,3-20,22,24-52H2,1-2H3/b23-21-. The number of hydrogen-bond acceptors (Lipinski definition) is 10. The van der Waals surface area contributed by atoms with Crippen LogP contribution in [0.25, 0.3) is 0 Å². The Labute approximate surface area is 431 Å². The van der Waals surface area contributed by atoms with Gasteiger partial charge < -0.3 is 39.4 Å². The van der Waals surface area contributed by atoms with Crippen molar-refractivity contribution in [1.82, 2.24) is 0 Å². The molecule has 0 bridgehead atoms. The van der Waals surface area contributed by atoms with E-state index in [1.165, 1.54) is 231 Å². The number of ether oxygens (including phenoxy) is 4. The second-order valence-electron chi connectivity index (χ2n) is 21.2. The molecule has 4 N–H and O–H groups in total. The minimum absolute atomic E-state index is 0.211. The van der Waals surface area contributed by atoms with E-state index < -0.39 is 49.4 Å². The first-order chi connectivity index (χ1) is 34.3. The van der Waals surface area contributed by atoms with E-state index in [0.29, 0.717) is 6.42 Å². The molecule has 1 heterocycles. The third kappa shape index (κ3) is 40.9. The zero-order valence-electron chi connectivity index (χ0n) is 45.8. The molecule has 1 saturated heterocycles. The van der Waals surface area contributed by atoms with E-state index in [1.807, 2.05) is 0 Å². The number of aliphatic hydroxyl groups excluding tert-OH is 4. The van der Waals surface area contributed by atoms with E-state index in [1.54, 1.807) is 0 Å². The summed E-state index contributed by atoms with van der Waals surface area (Å²) in [6.45, 7) is 3.50. The van der Waals surface area contributed by atoms with Crippen LogP contribution in [0.4, 0.5) is 0 Å². The van der Waals surface area contributed by atoms with Crippen LogP contribution in [0.2, 0.25) is 0 Å². The third-order valence-electron chi connectivity index (χ3n) is 14.4. The zero-order valence-corrected chi connectivity index (χ0v) is 45.8. The summed E-state index contributed by atoms with van der Waals surface area (Å²) in [6.07, 6.45) is 52.3. The minimum atomic E-state index is -1.59. The summed E-state index contributed by atoms with van der Waals surface area (Å²) >= 11 is 0. The Kier molecular flexibility index (Phi) is 48.4. The zero-order chi connectivity index (χ0) is 50.8. The van der Waals surface area contributed by atoms with Crippen molar-refractivity contribution in [3.8, 4) is 0 Å². The number of rotatable bonds is 53. The van der Waals surface area contributed by atoms with Crippen LogP contribution in [0.3, 0.4) is 0 Å². The molecule has 10 nitrogen and oxygen atoms in total. The van der Waals surface area contributed by atoms with Crippen LogP contribution in [0.1, 0.15) is 303 Å². The topological polar surface area (TPSA) is 152 Å². The Morgan fingerprint density at radius 3 is 1.11 bits per heavy atom. The van der Waals surface area contributed by atoms with Gasteiger partial charge in [-0.2, -0.15) is 0 Å². The minimum Gasteiger partial charge on any atom is -0.462 e. The Morgan fingerprint density at radius 1 is 0.429 bits per heavy atom. The summed E-state index contributed by atoms with van der Waals surface area (Å²) in [5.74, 6) is -0.786. The monoisotopic (exact) mass is 995 g/mol. The van der Waals surface area contributed by atoms with Gasteiger partial charge in [0.05, 0.1) is 13.2 Å². The molecule has 1 aliphatic rings. The molecule has 0 aliphatic carbocycles. The molecule has 6 unspecified atom stereocenters. The molecule has 1 rings (SSSR count). The lowest BCUT2D eigenvalue weighted by Gasteiger charge is -2.39. The van der Waals surface area contributed by atoms with Crippen molar-refractivity contribution in [3.05, 3.63) is 12.2 Å². The van der Waals surface area contributed by atoms with Crippen molar-refractivity contribution in [1.29, 1.82) is 0 Å². The molecule has 0 amide bonds. The first kappa shape index (κ1) is 66.5. The fraction of sp³-hybridized carbons (Fsp3) is 0.933. The summed E-state index contributed by atoms with van der Waals surface area (Å²) in [5.41, 5.74) is 0. The lowest BCUT2D eigenvalue weighted by Crippen LogP contribution is -2.59. The lowest BCUT2D eigenvalue weighted by atomic mass is 9.99. The van der Waals surface area contributed by atoms with E-state index in [0.717, 1.165) is 38.5 Å². The fourth-order valence-electron chi connectivity index (χ4n) is 9.66. The van der Waals surface area contributed by atoms with Gasteiger partial charge in [-0.1, -0.05) is 264 Å². The van der Waals surface area contributed by atoms with Crippen molar-refractivity contribution in [2.24, 2.45) is 0 Å². The number of allylic oxidation sites excluding steroid dienone is 2. The maximum absolute atomic E-state index is 12.9. The van der Waals surface area contributed by atoms with Crippen molar-refractivity contribution >= 4 is 11.9 Å². The molecule has 0 saturated carbocycles. The summed E-state index contributed by atoms with van der Waals surface area (Å²) in [5, 5.41) is 40.3. The van der Waals surface area contributed by atoms with Crippen molar-refractivity contribution < 1.29 is 49.0 Å². The lowest BCUT2D eigenvalue weighted by molar-refractivity contribution is -0.305. The average molecular weight is 996 g/mol. The number of esters is 2. The first-order valence-corrected chi connectivity index (χ1v) is 30.3. The van der Waals surface area contributed by atoms with E-state index in [-0.39, 0.29) is 32.0 Å². The highest BCUT2D eigenvalue weighted by molar-refractivity contribution is 5.70. The molecule has 70 heavy (non-hydrogen) atoms. The fourth-order valence-corrected chi connectivity index (χ4v) is 9.66. The molecule has 1 aliphatic heterocycles. The summed E-state index contributed by atoms with van der Waals surface area (Å²) < 4.78 is 22.4. The van der Waals surface area contributed by atoms with Crippen LogP contribution in [0, 0.1) is 0 Å². The van der Waals surface area contributed by atoms with Crippen molar-refractivity contribution in [3.63, 3.8) is 0 Å². The van der Waals surface area contributed by atoms with Gasteiger partial charge in [-0.05, 0) is 38.5 Å². The molecular formula is C60H114O10. The Bertz CT molecular complexity index is 1150. The van der Waals surface area contributed by atoms with Crippen molar-refractivity contribution in [2.45, 2.75) is 340 Å². The van der Waals surface area contributed by atoms with Crippen LogP contribution in [-0.4, -0.2) is 89.0 Å². The van der Waals surface area contributed by atoms with Crippen LogP contribution >= 0.6 is 0 Å². The van der Waals surface area contributed by atoms with Gasteiger partial charge in [0, 0.05) is 12.8 Å². The quantitative estimate of drug-likeness (QED) is 0.0263. The van der Waals surface area contributed by atoms with Crippen LogP contribution in [0.15, 0.2) is 12.2 Å². The van der Waals surface area contributed by atoms with E-state index in [2.05, 4.69) is 26.0 Å². The number of unbranched alkanes of at least 4 members (excludes halogenated alkanes) is 40. The van der Waals surface area contributed by atoms with Gasteiger partial charge in [-0.3, -0.25) is 9.59 Å². The normalized spacial score (nSPS) is 18.7. The molecule has 414 valence electrons. The second-order valence-corrected chi connectivity index (χ2v) is 21.2. The van der Waals surface area contributed by atoms with Gasteiger partial charge in [-0.25, -0.2) is 0 Å². The maximum Gasteiger partial charge on any atom is 0.306 e. The summed E-state index contributed by atoms with van der Waals surface area (Å²) in [4.78, 5) is 25.6. The van der Waals surface area contributed by atoms with Gasteiger partial charge in [0.15, 0.2) is 12.4 Å². The molecule has 0 aromatic rings. The predicted molar refractivity (Wildman–Crippen MR) is 289 cm³/mol. The molecule has 10 heteroatoms. The van der Waals surface area contributed by atoms with Gasteiger partial charge >= 0.3 is 11.9 Å². The number of carbonyl (C=O) groups excluding carboxylic acids is 2. The number of hydrogen-bond donors (Lipinski definition) is 4. The smallest absolute Gasteiger partial charge is 0.306 e. The second kappa shape index (κ2) is 50.9. The molecule has 6 atom stereocenters. The predicted octanol–water partition coefficient (Wildman–Crippen LogP) is 15.4. The highest BCUT2D eigenvalue weighted by Crippen LogP contribution is 2.23. The van der Waals surface area contributed by atoms with Gasteiger partial charge in [0.25, 0.3) is 0 Å². The SMILES string of the molecule is CCCCCCCCCC/C=C\CCCCCCCCCCCCCC(=O)OC(COC(=O)CCCCCCCCCCCCCCCCCCCCCCCC)COC1OC(CO)C(O)C(O)C1O. The Morgan fingerprint density at radius 2 is 0.757 bits per heavy atom. The van der Waals surface area contributed by atoms with Gasteiger partial charge in [0.1, 0.15) is 31.0 Å². The van der Waals surface area contributed by atoms with Crippen LogP contribution in [-0.2, 0) is 28.5 Å². The summed E-state index contributed by atoms with van der Waals surface area (Å²) in [6, 6.07) is 0. The third-order valence-corrected chi connectivity index (χ3v) is 14.4. The molecule has 0 aromatic carbocycles. The highest BCUT2D eigenvalue weighted by Gasteiger charge is 2.44. The van der Waals surface area contributed by atoms with Crippen LogP contribution < -0.4 is 0 Å². The number of carbonyl (C=O) groups is 2. The first-order valence-electron chi connectivity index (χ1n) is 30.3. The maximum atomic E-state index is 12.9. The Balaban J connectivity index is 2.17. The number of aliphatic hydroxyl groups is 4. The van der Waals surface area contributed by atoms with Crippen LogP contribution in [0.5, 0.6) is 0 Å². The molecule has 1 fully saturated rings. The molecule has 0 spiro atoms. The average Bonchev–Trinajstić information content (AvgIpc) is 3.36. The molecular weight excluding hydrogens is 881 g/mol. The van der Waals surface area contributed by atoms with E-state index in [4.69, 9.17) is 18.9 Å². The van der Waals surface area contributed by atoms with Gasteiger partial charge in [-0.15, -0.1) is 0 Å². The van der Waals surface area contributed by atoms with E-state index in [9.17, 15) is 30.0 Å². The van der Waals surface area contributed by atoms with Crippen molar-refractivity contribution in [2.75, 3.05) is 19.8 Å². The molecule has 0 radical (unpaired) electrons. The largest absolute Gasteiger partial charge is 0.462 e. The Hall–Kier alpha value is -1.56.